The second-order valence-electron chi connectivity index (χ2n) is 6.98. The Kier molecular flexibility index (Phi) is 8.08. The molecule has 1 aromatic rings. The number of rotatable bonds is 9. The van der Waals surface area contributed by atoms with E-state index < -0.39 is 16.3 Å². The molecule has 1 aliphatic carbocycles. The third-order valence-electron chi connectivity index (χ3n) is 4.91. The van der Waals surface area contributed by atoms with Crippen molar-refractivity contribution in [2.75, 3.05) is 0 Å². The molecule has 1 saturated carbocycles. The summed E-state index contributed by atoms with van der Waals surface area (Å²) in [6, 6.07) is 8.10. The van der Waals surface area contributed by atoms with Crippen LogP contribution in [0.25, 0.3) is 0 Å². The maximum Gasteiger partial charge on any atom is 0.365 e. The summed E-state index contributed by atoms with van der Waals surface area (Å²) in [7, 11) is 0. The average molecular weight is 451 g/mol. The molecule has 1 unspecified atom stereocenters. The van der Waals surface area contributed by atoms with E-state index in [1.165, 1.54) is 18.6 Å². The van der Waals surface area contributed by atoms with Crippen LogP contribution < -0.4 is 4.74 Å². The van der Waals surface area contributed by atoms with E-state index in [0.29, 0.717) is 11.8 Å². The van der Waals surface area contributed by atoms with Gasteiger partial charge in [0.15, 0.2) is 0 Å². The molecule has 1 aliphatic rings. The molecule has 28 heavy (non-hydrogen) atoms. The van der Waals surface area contributed by atoms with Crippen LogP contribution in [0.15, 0.2) is 60.4 Å². The molecule has 0 aromatic heterocycles. The molecule has 0 radical (unpaired) electrons. The van der Waals surface area contributed by atoms with Gasteiger partial charge in [-0.1, -0.05) is 43.7 Å². The number of ether oxygens (including phenoxy) is 1. The number of hydrogen-bond donors (Lipinski definition) is 3. The third kappa shape index (κ3) is 5.58. The van der Waals surface area contributed by atoms with Crippen LogP contribution in [0.4, 0.5) is 0 Å². The van der Waals surface area contributed by atoms with E-state index in [1.54, 1.807) is 24.3 Å². The minimum atomic E-state index is -2.82. The Morgan fingerprint density at radius 2 is 2.04 bits per heavy atom. The highest BCUT2D eigenvalue weighted by atomic mass is 79.9. The number of carboxylic acid groups (broad SMARTS) is 1. The lowest BCUT2D eigenvalue weighted by Gasteiger charge is -2.33. The maximum absolute atomic E-state index is 11.7. The monoisotopic (exact) mass is 450 g/mol. The van der Waals surface area contributed by atoms with Gasteiger partial charge in [0, 0.05) is 6.08 Å². The van der Waals surface area contributed by atoms with Gasteiger partial charge in [-0.3, -0.25) is 0 Å². The summed E-state index contributed by atoms with van der Waals surface area (Å²) in [5.74, 6) is -3.18. The van der Waals surface area contributed by atoms with Crippen LogP contribution >= 0.6 is 15.9 Å². The summed E-state index contributed by atoms with van der Waals surface area (Å²) >= 11 is 2.85. The molecule has 152 valence electrons. The van der Waals surface area contributed by atoms with E-state index >= 15 is 0 Å². The van der Waals surface area contributed by atoms with E-state index in [1.807, 2.05) is 0 Å². The number of halogens is 1. The number of benzene rings is 1. The fraction of sp³-hybridized carbons (Fsp3) is 0.455. The first kappa shape index (κ1) is 22.4. The second kappa shape index (κ2) is 10.1. The highest BCUT2D eigenvalue weighted by Gasteiger charge is 2.56. The van der Waals surface area contributed by atoms with Crippen molar-refractivity contribution in [1.82, 2.24) is 0 Å². The Bertz CT molecular complexity index is 737. The zero-order valence-electron chi connectivity index (χ0n) is 15.9. The summed E-state index contributed by atoms with van der Waals surface area (Å²) in [5, 5.41) is 30.3. The van der Waals surface area contributed by atoms with Gasteiger partial charge in [0.1, 0.15) is 5.75 Å². The Morgan fingerprint density at radius 3 is 2.68 bits per heavy atom. The minimum absolute atomic E-state index is 0.183. The summed E-state index contributed by atoms with van der Waals surface area (Å²) in [6.07, 6.45) is 12.3. The highest BCUT2D eigenvalue weighted by Crippen LogP contribution is 2.36. The van der Waals surface area contributed by atoms with Gasteiger partial charge >= 0.3 is 10.5 Å². The molecule has 3 atom stereocenters. The van der Waals surface area contributed by atoms with Crippen molar-refractivity contribution in [2.45, 2.75) is 49.3 Å². The molecule has 3 N–H and O–H groups in total. The van der Waals surface area contributed by atoms with Crippen molar-refractivity contribution >= 4 is 21.9 Å². The van der Waals surface area contributed by atoms with Gasteiger partial charge in [-0.25, -0.2) is 4.79 Å². The number of carboxylic acids is 1. The molecule has 2 rings (SSSR count). The lowest BCUT2D eigenvalue weighted by Crippen LogP contribution is -2.57. The predicted octanol–water partition coefficient (Wildman–Crippen LogP) is 4.41. The van der Waals surface area contributed by atoms with E-state index in [2.05, 4.69) is 40.7 Å². The lowest BCUT2D eigenvalue weighted by molar-refractivity contribution is -0.206. The first-order chi connectivity index (χ1) is 13.3. The molecule has 0 spiro atoms. The van der Waals surface area contributed by atoms with Gasteiger partial charge in [-0.2, -0.15) is 0 Å². The normalized spacial score (nSPS) is 21.7. The van der Waals surface area contributed by atoms with Crippen LogP contribution in [0.3, 0.4) is 0 Å². The average Bonchev–Trinajstić information content (AvgIpc) is 3.11. The van der Waals surface area contributed by atoms with E-state index in [9.17, 15) is 20.1 Å². The Morgan fingerprint density at radius 1 is 1.32 bits per heavy atom. The van der Waals surface area contributed by atoms with Gasteiger partial charge in [0.05, 0.1) is 0 Å². The summed E-state index contributed by atoms with van der Waals surface area (Å²) in [5.41, 5.74) is 2.73. The molecular weight excluding hydrogens is 424 g/mol. The first-order valence-electron chi connectivity index (χ1n) is 9.50. The van der Waals surface area contributed by atoms with Crippen molar-refractivity contribution in [2.24, 2.45) is 11.8 Å². The number of allylic oxidation sites excluding steroid dienone is 2. The highest BCUT2D eigenvalue weighted by molar-refractivity contribution is 9.10. The van der Waals surface area contributed by atoms with Crippen LogP contribution in [0.5, 0.6) is 5.75 Å². The molecule has 0 heterocycles. The molecule has 1 fully saturated rings. The largest absolute Gasteiger partial charge is 0.477 e. The van der Waals surface area contributed by atoms with Gasteiger partial charge in [0.25, 0.3) is 5.79 Å². The topological polar surface area (TPSA) is 87.0 Å². The molecule has 1 aromatic carbocycles. The summed E-state index contributed by atoms with van der Waals surface area (Å²) < 4.78 is 2.87. The maximum atomic E-state index is 11.7. The standard InChI is InChI=1S/C22H27BrO5/c1-2-3-10-17-12-9-13-18(17)11-7-8-16-21(26,27)22(23,20(24)25)28-19-14-5-4-6-15-19/h3-7,10,14-18,26-27H,2,9,11-13H2,1H3,(H,24,25)/b10-3+/t8?,17-,18-,22?/m0/s1/i26+0,27+0. The molecule has 0 aliphatic heterocycles. The molecule has 5 nitrogen and oxygen atoms in total. The van der Waals surface area contributed by atoms with E-state index in [4.69, 9.17) is 4.74 Å². The second-order valence-corrected chi connectivity index (χ2v) is 8.10. The van der Waals surface area contributed by atoms with Crippen molar-refractivity contribution in [1.29, 1.82) is 0 Å². The Labute approximate surface area is 174 Å². The first-order valence-corrected chi connectivity index (χ1v) is 10.3. The van der Waals surface area contributed by atoms with Crippen molar-refractivity contribution in [3.05, 3.63) is 60.4 Å². The Hall–Kier alpha value is -1.85. The number of para-hydroxylation sites is 1. The summed E-state index contributed by atoms with van der Waals surface area (Å²) in [6.45, 7) is 2.11. The minimum Gasteiger partial charge on any atom is -0.477 e. The SMILES string of the molecule is CC/C=C/[C@H]1CCC[C@@H]1CC=C=CC([16OH])([16OH])C(Br)(Oc1ccccc1)C(=O)O. The number of carbonyl (C=O) groups is 1. The lowest BCUT2D eigenvalue weighted by atomic mass is 9.92. The predicted molar refractivity (Wildman–Crippen MR) is 111 cm³/mol. The quantitative estimate of drug-likeness (QED) is 0.224. The number of alkyl halides is 1. The van der Waals surface area contributed by atoms with Crippen LogP contribution in [-0.4, -0.2) is 31.6 Å². The molecular formula is C22H27BrO5. The number of aliphatic carboxylic acids is 1. The van der Waals surface area contributed by atoms with Gasteiger partial charge < -0.3 is 20.1 Å². The van der Waals surface area contributed by atoms with Crippen molar-refractivity contribution in [3.63, 3.8) is 0 Å². The third-order valence-corrected chi connectivity index (χ3v) is 5.99. The fourth-order valence-corrected chi connectivity index (χ4v) is 3.64. The van der Waals surface area contributed by atoms with Gasteiger partial charge in [0.2, 0.25) is 0 Å². The zero-order valence-corrected chi connectivity index (χ0v) is 17.5. The molecule has 0 amide bonds. The molecule has 0 saturated heterocycles. The van der Waals surface area contributed by atoms with Gasteiger partial charge in [-0.05, 0) is 71.7 Å². The zero-order chi connectivity index (χ0) is 20.6. The molecule has 6 heteroatoms. The molecule has 0 bridgehead atoms. The van der Waals surface area contributed by atoms with Crippen molar-refractivity contribution < 1.29 is 24.9 Å². The van der Waals surface area contributed by atoms with Crippen LogP contribution in [0.1, 0.15) is 39.0 Å². The smallest absolute Gasteiger partial charge is 0.365 e. The van der Waals surface area contributed by atoms with Crippen LogP contribution in [0.2, 0.25) is 0 Å². The van der Waals surface area contributed by atoms with E-state index in [-0.39, 0.29) is 5.75 Å². The van der Waals surface area contributed by atoms with Crippen molar-refractivity contribution in [3.8, 4) is 5.75 Å². The fourth-order valence-electron chi connectivity index (χ4n) is 3.34. The van der Waals surface area contributed by atoms with Gasteiger partial charge in [-0.15, -0.1) is 5.73 Å². The number of hydrogen-bond acceptors (Lipinski definition) is 4. The van der Waals surface area contributed by atoms with E-state index in [0.717, 1.165) is 31.8 Å². The summed E-state index contributed by atoms with van der Waals surface area (Å²) in [4.78, 5) is 11.7. The van der Waals surface area contributed by atoms with Crippen LogP contribution in [0, 0.1) is 11.8 Å². The van der Waals surface area contributed by atoms with Crippen LogP contribution in [-0.2, 0) is 4.79 Å². The Balaban J connectivity index is 2.11. The number of aliphatic hydroxyl groups is 2.